The molecule has 0 aliphatic carbocycles. The van der Waals surface area contributed by atoms with Crippen molar-refractivity contribution in [2.45, 2.75) is 0 Å². The number of benzene rings is 1. The van der Waals surface area contributed by atoms with Crippen molar-refractivity contribution >= 4 is 12.1 Å². The Hall–Kier alpha value is -1.77. The summed E-state index contributed by atoms with van der Waals surface area (Å²) in [6.45, 7) is 0. The molecule has 2 N–H and O–H groups in total. The summed E-state index contributed by atoms with van der Waals surface area (Å²) in [5.74, 6) is 0. The number of nitrogens with two attached hydrogens (primary N) is 1. The fourth-order valence-electron chi connectivity index (χ4n) is 0.835. The second-order valence-corrected chi connectivity index (χ2v) is 2.68. The van der Waals surface area contributed by atoms with E-state index >= 15 is 0 Å². The van der Waals surface area contributed by atoms with Gasteiger partial charge in [0, 0.05) is 13.2 Å². The lowest BCUT2D eigenvalue weighted by atomic mass is 10.2. The van der Waals surface area contributed by atoms with Crippen molar-refractivity contribution in [2.24, 2.45) is 5.73 Å². The quantitative estimate of drug-likeness (QED) is 0.732. The maximum absolute atomic E-state index is 10.6. The number of hydrogen-bond donors (Lipinski definition) is 1. The van der Waals surface area contributed by atoms with Gasteiger partial charge >= 0.3 is 6.03 Å². The molecule has 0 fully saturated rings. The van der Waals surface area contributed by atoms with Gasteiger partial charge in [-0.05, 0) is 11.6 Å². The van der Waals surface area contributed by atoms with Gasteiger partial charge in [0.25, 0.3) is 0 Å². The summed E-state index contributed by atoms with van der Waals surface area (Å²) in [5.41, 5.74) is 6.07. The van der Waals surface area contributed by atoms with Crippen LogP contribution in [0.5, 0.6) is 0 Å². The van der Waals surface area contributed by atoms with Crippen molar-refractivity contribution in [1.29, 1.82) is 0 Å². The minimum absolute atomic E-state index is 0.466. The van der Waals surface area contributed by atoms with Crippen LogP contribution in [0.1, 0.15) is 5.56 Å². The summed E-state index contributed by atoms with van der Waals surface area (Å²) in [4.78, 5) is 11.9. The van der Waals surface area contributed by atoms with Crippen LogP contribution in [0.3, 0.4) is 0 Å². The van der Waals surface area contributed by atoms with E-state index in [0.717, 1.165) is 5.56 Å². The molecule has 0 aromatic heterocycles. The van der Waals surface area contributed by atoms with E-state index in [1.807, 2.05) is 36.4 Å². The fraction of sp³-hybridized carbons (Fsp3) is 0.100. The van der Waals surface area contributed by atoms with Crippen LogP contribution >= 0.6 is 0 Å². The number of rotatable bonds is 2. The third kappa shape index (κ3) is 2.99. The number of nitrogens with zero attached hydrogens (tertiary/aromatic N) is 1. The summed E-state index contributed by atoms with van der Waals surface area (Å²) in [5, 5.41) is 0. The summed E-state index contributed by atoms with van der Waals surface area (Å²) in [6, 6.07) is 9.24. The molecule has 1 aromatic carbocycles. The molecule has 3 heteroatoms. The van der Waals surface area contributed by atoms with Crippen molar-refractivity contribution in [3.63, 3.8) is 0 Å². The summed E-state index contributed by atoms with van der Waals surface area (Å²) in [6.07, 6.45) is 3.46. The zero-order valence-electron chi connectivity index (χ0n) is 7.47. The van der Waals surface area contributed by atoms with Crippen molar-refractivity contribution < 1.29 is 4.79 Å². The molecule has 2 amide bonds. The van der Waals surface area contributed by atoms with Gasteiger partial charge < -0.3 is 10.6 Å². The van der Waals surface area contributed by atoms with Crippen LogP contribution in [0.15, 0.2) is 36.5 Å². The Labute approximate surface area is 77.5 Å². The van der Waals surface area contributed by atoms with Gasteiger partial charge in [0.05, 0.1) is 0 Å². The van der Waals surface area contributed by atoms with Gasteiger partial charge in [-0.15, -0.1) is 0 Å². The second-order valence-electron chi connectivity index (χ2n) is 2.68. The Morgan fingerprint density at radius 1 is 1.38 bits per heavy atom. The van der Waals surface area contributed by atoms with Crippen LogP contribution in [0.25, 0.3) is 6.08 Å². The molecule has 1 aromatic rings. The fourth-order valence-corrected chi connectivity index (χ4v) is 0.835. The van der Waals surface area contributed by atoms with Gasteiger partial charge in [-0.25, -0.2) is 4.79 Å². The summed E-state index contributed by atoms with van der Waals surface area (Å²) < 4.78 is 0. The van der Waals surface area contributed by atoms with Crippen molar-refractivity contribution in [3.8, 4) is 0 Å². The normalized spacial score (nSPS) is 10.2. The minimum Gasteiger partial charge on any atom is -0.351 e. The molecule has 3 nitrogen and oxygen atoms in total. The molecule has 13 heavy (non-hydrogen) atoms. The van der Waals surface area contributed by atoms with E-state index < -0.39 is 6.03 Å². The van der Waals surface area contributed by atoms with Crippen LogP contribution in [-0.2, 0) is 0 Å². The summed E-state index contributed by atoms with van der Waals surface area (Å²) in [7, 11) is 1.61. The van der Waals surface area contributed by atoms with Gasteiger partial charge in [-0.3, -0.25) is 0 Å². The van der Waals surface area contributed by atoms with Crippen LogP contribution in [0.2, 0.25) is 0 Å². The Morgan fingerprint density at radius 3 is 2.54 bits per heavy atom. The van der Waals surface area contributed by atoms with Crippen LogP contribution in [-0.4, -0.2) is 18.0 Å². The highest BCUT2D eigenvalue weighted by molar-refractivity contribution is 5.73. The lowest BCUT2D eigenvalue weighted by Gasteiger charge is -2.06. The average Bonchev–Trinajstić information content (AvgIpc) is 2.15. The van der Waals surface area contributed by atoms with Crippen LogP contribution < -0.4 is 5.73 Å². The maximum Gasteiger partial charge on any atom is 0.318 e. The Morgan fingerprint density at radius 2 is 2.00 bits per heavy atom. The first-order valence-corrected chi connectivity index (χ1v) is 3.95. The number of carbonyl (C=O) groups excluding carboxylic acids is 1. The lowest BCUT2D eigenvalue weighted by Crippen LogP contribution is -2.26. The molecule has 1 rings (SSSR count). The SMILES string of the molecule is CN(C=Cc1ccccc1)C(N)=O. The van der Waals surface area contributed by atoms with E-state index in [0.29, 0.717) is 0 Å². The largest absolute Gasteiger partial charge is 0.351 e. The molecule has 0 heterocycles. The van der Waals surface area contributed by atoms with E-state index in [9.17, 15) is 4.79 Å². The summed E-state index contributed by atoms with van der Waals surface area (Å²) >= 11 is 0. The third-order valence-corrected chi connectivity index (χ3v) is 1.64. The predicted octanol–water partition coefficient (Wildman–Crippen LogP) is 1.67. The smallest absolute Gasteiger partial charge is 0.318 e. The molecular weight excluding hydrogens is 164 g/mol. The highest BCUT2D eigenvalue weighted by atomic mass is 16.2. The van der Waals surface area contributed by atoms with E-state index in [1.54, 1.807) is 13.2 Å². The van der Waals surface area contributed by atoms with Crippen molar-refractivity contribution in [2.75, 3.05) is 7.05 Å². The molecule has 0 aliphatic rings. The molecule has 0 spiro atoms. The second kappa shape index (κ2) is 4.30. The zero-order valence-corrected chi connectivity index (χ0v) is 7.47. The first-order valence-electron chi connectivity index (χ1n) is 3.95. The van der Waals surface area contributed by atoms with Crippen LogP contribution in [0, 0.1) is 0 Å². The van der Waals surface area contributed by atoms with Gasteiger partial charge in [0.15, 0.2) is 0 Å². The monoisotopic (exact) mass is 176 g/mol. The van der Waals surface area contributed by atoms with Gasteiger partial charge in [0.2, 0.25) is 0 Å². The molecule has 0 radical (unpaired) electrons. The Balaban J connectivity index is 2.64. The molecule has 0 saturated heterocycles. The molecule has 0 atom stereocenters. The number of amides is 2. The highest BCUT2D eigenvalue weighted by Crippen LogP contribution is 2.01. The number of urea groups is 1. The van der Waals surface area contributed by atoms with Crippen molar-refractivity contribution in [3.05, 3.63) is 42.1 Å². The average molecular weight is 176 g/mol. The van der Waals surface area contributed by atoms with Gasteiger partial charge in [0.1, 0.15) is 0 Å². The minimum atomic E-state index is -0.466. The predicted molar refractivity (Wildman–Crippen MR) is 52.8 cm³/mol. The molecule has 68 valence electrons. The standard InChI is InChI=1S/C10H12N2O/c1-12(10(11)13)8-7-9-5-3-2-4-6-9/h2-8H,1H3,(H2,11,13). The zero-order chi connectivity index (χ0) is 9.68. The number of carbonyl (C=O) groups is 1. The highest BCUT2D eigenvalue weighted by Gasteiger charge is 1.95. The van der Waals surface area contributed by atoms with Gasteiger partial charge in [-0.1, -0.05) is 30.3 Å². The Kier molecular flexibility index (Phi) is 3.09. The van der Waals surface area contributed by atoms with Gasteiger partial charge in [-0.2, -0.15) is 0 Å². The lowest BCUT2D eigenvalue weighted by molar-refractivity contribution is 0.231. The molecule has 0 bridgehead atoms. The van der Waals surface area contributed by atoms with Crippen molar-refractivity contribution in [1.82, 2.24) is 4.90 Å². The topological polar surface area (TPSA) is 46.3 Å². The molecular formula is C10H12N2O. The first-order chi connectivity index (χ1) is 6.20. The Bertz CT molecular complexity index is 306. The molecule has 0 saturated carbocycles. The van der Waals surface area contributed by atoms with E-state index in [-0.39, 0.29) is 0 Å². The van der Waals surface area contributed by atoms with Crippen LogP contribution in [0.4, 0.5) is 4.79 Å². The number of hydrogen-bond acceptors (Lipinski definition) is 1. The van der Waals surface area contributed by atoms with E-state index in [2.05, 4.69) is 0 Å². The van der Waals surface area contributed by atoms with E-state index in [4.69, 9.17) is 5.73 Å². The third-order valence-electron chi connectivity index (χ3n) is 1.64. The maximum atomic E-state index is 10.6. The molecule has 0 unspecified atom stereocenters. The first kappa shape index (κ1) is 9.32. The molecule has 0 aliphatic heterocycles. The van der Waals surface area contributed by atoms with E-state index in [1.165, 1.54) is 4.90 Å². The number of primary amides is 1.